The van der Waals surface area contributed by atoms with E-state index in [0.717, 1.165) is 23.7 Å². The molecule has 1 aromatic carbocycles. The van der Waals surface area contributed by atoms with Crippen molar-refractivity contribution >= 4 is 28.5 Å². The van der Waals surface area contributed by atoms with E-state index in [2.05, 4.69) is 4.99 Å². The van der Waals surface area contributed by atoms with Gasteiger partial charge in [-0.2, -0.15) is 0 Å². The van der Waals surface area contributed by atoms with E-state index in [1.165, 1.54) is 0 Å². The average molecular weight is 326 g/mol. The van der Waals surface area contributed by atoms with E-state index in [4.69, 9.17) is 4.74 Å². The van der Waals surface area contributed by atoms with Crippen LogP contribution in [-0.4, -0.2) is 28.8 Å². The second-order valence-electron chi connectivity index (χ2n) is 6.11. The summed E-state index contributed by atoms with van der Waals surface area (Å²) in [7, 11) is 1.86. The summed E-state index contributed by atoms with van der Waals surface area (Å²) in [6.07, 6.45) is 3.31. The third kappa shape index (κ3) is 3.11. The predicted octanol–water partition coefficient (Wildman–Crippen LogP) is 3.51. The van der Waals surface area contributed by atoms with Crippen LogP contribution in [0.4, 0.5) is 0 Å². The zero-order valence-electron chi connectivity index (χ0n) is 14.1. The van der Waals surface area contributed by atoms with E-state index in [1.54, 1.807) is 6.92 Å². The maximum Gasteiger partial charge on any atom is 0.314 e. The number of rotatable bonds is 3. The molecule has 0 N–H and O–H groups in total. The van der Waals surface area contributed by atoms with Crippen molar-refractivity contribution in [2.24, 2.45) is 18.0 Å². The fraction of sp³-hybridized carbons (Fsp3) is 0.421. The molecule has 3 rings (SSSR count). The number of nitrogens with zero attached hydrogens (tertiary/aromatic N) is 2. The number of aliphatic imine (C=N–C) groups is 1. The summed E-state index contributed by atoms with van der Waals surface area (Å²) in [5.41, 5.74) is 2.19. The minimum absolute atomic E-state index is 0.263. The molecule has 5 heteroatoms. The van der Waals surface area contributed by atoms with Gasteiger partial charge in [-0.05, 0) is 38.3 Å². The first kappa shape index (κ1) is 16.4. The molecule has 1 amide bonds. The molecule has 1 fully saturated rings. The molecule has 0 saturated heterocycles. The number of carbonyl (C=O) groups excluding carboxylic acids is 2. The van der Waals surface area contributed by atoms with Crippen LogP contribution in [0.2, 0.25) is 0 Å². The number of hydrogen-bond acceptors (Lipinski definition) is 3. The highest BCUT2D eigenvalue weighted by molar-refractivity contribution is 6.11. The molecule has 0 spiro atoms. The van der Waals surface area contributed by atoms with Crippen LogP contribution in [0.5, 0.6) is 0 Å². The number of esters is 1. The summed E-state index contributed by atoms with van der Waals surface area (Å²) in [5, 5.41) is 1.01. The van der Waals surface area contributed by atoms with Crippen molar-refractivity contribution in [3.05, 3.63) is 36.0 Å². The molecule has 1 aliphatic carbocycles. The molecule has 2 aromatic rings. The van der Waals surface area contributed by atoms with Crippen molar-refractivity contribution in [2.45, 2.75) is 32.6 Å². The Bertz CT molecular complexity index is 804. The summed E-state index contributed by atoms with van der Waals surface area (Å²) >= 11 is 0. The topological polar surface area (TPSA) is 60.7 Å². The Kier molecular flexibility index (Phi) is 4.79. The number of carbonyl (C=O) groups is 2. The summed E-state index contributed by atoms with van der Waals surface area (Å²) < 4.78 is 6.99. The second kappa shape index (κ2) is 6.99. The standard InChI is InChI=1S/C19H22N2O3/c1-3-24-19(23)14-9-5-6-10-15(14)20-18(22)17-12-13-8-4-7-11-16(13)21(17)2/h4,7-8,11-12,14H,3,5-6,9-10H2,1-2H3/t14-/m1/s1. The van der Waals surface area contributed by atoms with E-state index in [1.807, 2.05) is 41.9 Å². The highest BCUT2D eigenvalue weighted by Crippen LogP contribution is 2.25. The molecule has 5 nitrogen and oxygen atoms in total. The number of fused-ring (bicyclic) bond motifs is 1. The van der Waals surface area contributed by atoms with Gasteiger partial charge in [-0.1, -0.05) is 24.6 Å². The first-order chi connectivity index (χ1) is 11.6. The molecule has 1 aromatic heterocycles. The molecule has 1 saturated carbocycles. The molecule has 0 aliphatic heterocycles. The van der Waals surface area contributed by atoms with Gasteiger partial charge in [0.25, 0.3) is 5.91 Å². The number of aromatic nitrogens is 1. The van der Waals surface area contributed by atoms with E-state index in [-0.39, 0.29) is 17.8 Å². The number of para-hydroxylation sites is 1. The summed E-state index contributed by atoms with van der Waals surface area (Å²) in [6.45, 7) is 2.14. The average Bonchev–Trinajstić information content (AvgIpc) is 2.93. The summed E-state index contributed by atoms with van der Waals surface area (Å²) in [4.78, 5) is 29.1. The van der Waals surface area contributed by atoms with Crippen LogP contribution in [0.3, 0.4) is 0 Å². The summed E-state index contributed by atoms with van der Waals surface area (Å²) in [6, 6.07) is 9.69. The maximum atomic E-state index is 12.7. The molecule has 0 radical (unpaired) electrons. The molecular formula is C19H22N2O3. The van der Waals surface area contributed by atoms with Gasteiger partial charge in [0.2, 0.25) is 0 Å². The van der Waals surface area contributed by atoms with E-state index in [0.29, 0.717) is 30.9 Å². The largest absolute Gasteiger partial charge is 0.465 e. The predicted molar refractivity (Wildman–Crippen MR) is 93.3 cm³/mol. The number of amides is 1. The number of hydrogen-bond donors (Lipinski definition) is 0. The zero-order chi connectivity index (χ0) is 17.1. The third-order valence-corrected chi connectivity index (χ3v) is 4.57. The molecule has 1 aliphatic rings. The van der Waals surface area contributed by atoms with Gasteiger partial charge in [0, 0.05) is 23.7 Å². The lowest BCUT2D eigenvalue weighted by molar-refractivity contribution is -0.145. The lowest BCUT2D eigenvalue weighted by Gasteiger charge is -2.22. The smallest absolute Gasteiger partial charge is 0.314 e. The highest BCUT2D eigenvalue weighted by Gasteiger charge is 2.29. The van der Waals surface area contributed by atoms with Crippen LogP contribution >= 0.6 is 0 Å². The van der Waals surface area contributed by atoms with Crippen molar-refractivity contribution in [2.75, 3.05) is 6.61 Å². The first-order valence-electron chi connectivity index (χ1n) is 8.44. The fourth-order valence-corrected chi connectivity index (χ4v) is 3.31. The SMILES string of the molecule is CCOC(=O)[C@@H]1CCCCC1=NC(=O)c1cc2ccccc2n1C. The van der Waals surface area contributed by atoms with Gasteiger partial charge >= 0.3 is 5.97 Å². The van der Waals surface area contributed by atoms with Crippen molar-refractivity contribution in [3.8, 4) is 0 Å². The Morgan fingerprint density at radius 2 is 2.08 bits per heavy atom. The van der Waals surface area contributed by atoms with Gasteiger partial charge in [-0.15, -0.1) is 0 Å². The molecule has 1 heterocycles. The zero-order valence-corrected chi connectivity index (χ0v) is 14.1. The highest BCUT2D eigenvalue weighted by atomic mass is 16.5. The van der Waals surface area contributed by atoms with Crippen molar-refractivity contribution in [1.29, 1.82) is 0 Å². The minimum Gasteiger partial charge on any atom is -0.465 e. The molecular weight excluding hydrogens is 304 g/mol. The number of aryl methyl sites for hydroxylation is 1. The Morgan fingerprint density at radius 3 is 2.83 bits per heavy atom. The fourth-order valence-electron chi connectivity index (χ4n) is 3.31. The molecule has 0 bridgehead atoms. The second-order valence-corrected chi connectivity index (χ2v) is 6.11. The Hall–Kier alpha value is -2.43. The quantitative estimate of drug-likeness (QED) is 0.811. The molecule has 24 heavy (non-hydrogen) atoms. The van der Waals surface area contributed by atoms with Crippen LogP contribution in [0.1, 0.15) is 43.1 Å². The molecule has 0 unspecified atom stereocenters. The molecule has 126 valence electrons. The van der Waals surface area contributed by atoms with Gasteiger partial charge < -0.3 is 9.30 Å². The van der Waals surface area contributed by atoms with Crippen molar-refractivity contribution in [3.63, 3.8) is 0 Å². The minimum atomic E-state index is -0.377. The number of benzene rings is 1. The van der Waals surface area contributed by atoms with Crippen LogP contribution in [-0.2, 0) is 16.6 Å². The Balaban J connectivity index is 1.91. The third-order valence-electron chi connectivity index (χ3n) is 4.57. The van der Waals surface area contributed by atoms with Crippen LogP contribution in [0, 0.1) is 5.92 Å². The Labute approximate surface area is 141 Å². The van der Waals surface area contributed by atoms with Crippen molar-refractivity contribution < 1.29 is 14.3 Å². The lowest BCUT2D eigenvalue weighted by Crippen LogP contribution is -2.30. The Morgan fingerprint density at radius 1 is 1.29 bits per heavy atom. The van der Waals surface area contributed by atoms with Gasteiger partial charge in [-0.3, -0.25) is 9.59 Å². The summed E-state index contributed by atoms with van der Waals surface area (Å²) in [5.74, 6) is -0.932. The van der Waals surface area contributed by atoms with E-state index in [9.17, 15) is 9.59 Å². The van der Waals surface area contributed by atoms with Gasteiger partial charge in [0.15, 0.2) is 0 Å². The van der Waals surface area contributed by atoms with Gasteiger partial charge in [-0.25, -0.2) is 4.99 Å². The lowest BCUT2D eigenvalue weighted by atomic mass is 9.87. The van der Waals surface area contributed by atoms with Gasteiger partial charge in [0.05, 0.1) is 12.5 Å². The number of ether oxygens (including phenoxy) is 1. The van der Waals surface area contributed by atoms with Crippen LogP contribution in [0.25, 0.3) is 10.9 Å². The van der Waals surface area contributed by atoms with Crippen LogP contribution in [0.15, 0.2) is 35.3 Å². The van der Waals surface area contributed by atoms with Crippen molar-refractivity contribution in [1.82, 2.24) is 4.57 Å². The monoisotopic (exact) mass is 326 g/mol. The normalized spacial score (nSPS) is 19.6. The van der Waals surface area contributed by atoms with E-state index >= 15 is 0 Å². The first-order valence-corrected chi connectivity index (χ1v) is 8.44. The van der Waals surface area contributed by atoms with Crippen LogP contribution < -0.4 is 0 Å². The van der Waals surface area contributed by atoms with Gasteiger partial charge in [0.1, 0.15) is 5.69 Å². The van der Waals surface area contributed by atoms with E-state index < -0.39 is 0 Å². The molecule has 1 atom stereocenters. The maximum absolute atomic E-state index is 12.7.